The summed E-state index contributed by atoms with van der Waals surface area (Å²) in [5.74, 6) is 1.36. The molecule has 24 heavy (non-hydrogen) atoms. The fourth-order valence-corrected chi connectivity index (χ4v) is 3.52. The van der Waals surface area contributed by atoms with Gasteiger partial charge in [0.25, 0.3) is 0 Å². The molecule has 0 spiro atoms. The zero-order valence-electron chi connectivity index (χ0n) is 13.6. The summed E-state index contributed by atoms with van der Waals surface area (Å²) in [7, 11) is 0. The molecular formula is C17H19ClN2O3S. The number of fused-ring (bicyclic) bond motifs is 1. The summed E-state index contributed by atoms with van der Waals surface area (Å²) in [4.78, 5) is 16.7. The van der Waals surface area contributed by atoms with Crippen molar-refractivity contribution in [1.29, 1.82) is 0 Å². The van der Waals surface area contributed by atoms with E-state index < -0.39 is 0 Å². The number of benzene rings is 1. The van der Waals surface area contributed by atoms with E-state index in [1.54, 1.807) is 6.07 Å². The van der Waals surface area contributed by atoms with Gasteiger partial charge in [0.2, 0.25) is 5.91 Å². The van der Waals surface area contributed by atoms with Crippen LogP contribution in [0, 0.1) is 0 Å². The molecule has 0 unspecified atom stereocenters. The van der Waals surface area contributed by atoms with Gasteiger partial charge in [-0.15, -0.1) is 11.3 Å². The SMILES string of the molecule is CC(C)c1csc(NC(=O)Cc2cc(Cl)c3c(c2)OCCCO3)n1. The van der Waals surface area contributed by atoms with Crippen LogP contribution in [0.5, 0.6) is 11.5 Å². The monoisotopic (exact) mass is 366 g/mol. The number of carbonyl (C=O) groups is 1. The van der Waals surface area contributed by atoms with Gasteiger partial charge in [0, 0.05) is 11.8 Å². The Hall–Kier alpha value is -1.79. The van der Waals surface area contributed by atoms with Crippen LogP contribution in [0.2, 0.25) is 5.02 Å². The van der Waals surface area contributed by atoms with Gasteiger partial charge >= 0.3 is 0 Å². The maximum absolute atomic E-state index is 12.2. The van der Waals surface area contributed by atoms with Crippen molar-refractivity contribution < 1.29 is 14.3 Å². The highest BCUT2D eigenvalue weighted by Crippen LogP contribution is 2.38. The van der Waals surface area contributed by atoms with Crippen molar-refractivity contribution in [3.05, 3.63) is 33.8 Å². The Morgan fingerprint density at radius 2 is 2.17 bits per heavy atom. The third kappa shape index (κ3) is 3.99. The topological polar surface area (TPSA) is 60.5 Å². The van der Waals surface area contributed by atoms with E-state index in [9.17, 15) is 4.79 Å². The zero-order chi connectivity index (χ0) is 17.1. The Morgan fingerprint density at radius 1 is 1.38 bits per heavy atom. The molecule has 1 aromatic carbocycles. The number of halogens is 1. The third-order valence-electron chi connectivity index (χ3n) is 3.59. The van der Waals surface area contributed by atoms with Gasteiger partial charge in [-0.2, -0.15) is 0 Å². The Bertz CT molecular complexity index is 745. The van der Waals surface area contributed by atoms with Gasteiger partial charge in [-0.05, 0) is 23.6 Å². The number of amides is 1. The van der Waals surface area contributed by atoms with Crippen molar-refractivity contribution >= 4 is 34.0 Å². The molecule has 1 aliphatic heterocycles. The normalized spacial score (nSPS) is 13.7. The molecule has 7 heteroatoms. The molecule has 5 nitrogen and oxygen atoms in total. The van der Waals surface area contributed by atoms with Gasteiger partial charge in [-0.3, -0.25) is 4.79 Å². The minimum atomic E-state index is -0.134. The summed E-state index contributed by atoms with van der Waals surface area (Å²) in [6.07, 6.45) is 1.01. The highest BCUT2D eigenvalue weighted by atomic mass is 35.5. The van der Waals surface area contributed by atoms with E-state index in [0.29, 0.717) is 40.8 Å². The highest BCUT2D eigenvalue weighted by molar-refractivity contribution is 7.13. The second-order valence-electron chi connectivity index (χ2n) is 5.91. The molecule has 0 radical (unpaired) electrons. The first-order chi connectivity index (χ1) is 11.5. The van der Waals surface area contributed by atoms with Crippen molar-refractivity contribution in [3.63, 3.8) is 0 Å². The van der Waals surface area contributed by atoms with E-state index >= 15 is 0 Å². The van der Waals surface area contributed by atoms with Crippen LogP contribution in [0.15, 0.2) is 17.5 Å². The van der Waals surface area contributed by atoms with E-state index in [4.69, 9.17) is 21.1 Å². The van der Waals surface area contributed by atoms with E-state index in [-0.39, 0.29) is 12.3 Å². The summed E-state index contributed by atoms with van der Waals surface area (Å²) < 4.78 is 11.2. The second kappa shape index (κ2) is 7.40. The molecule has 3 rings (SSSR count). The van der Waals surface area contributed by atoms with Gasteiger partial charge < -0.3 is 14.8 Å². The first kappa shape index (κ1) is 17.0. The van der Waals surface area contributed by atoms with Crippen molar-refractivity contribution in [1.82, 2.24) is 4.98 Å². The van der Waals surface area contributed by atoms with Crippen molar-refractivity contribution in [2.45, 2.75) is 32.6 Å². The molecule has 0 saturated carbocycles. The van der Waals surface area contributed by atoms with E-state index in [1.165, 1.54) is 11.3 Å². The lowest BCUT2D eigenvalue weighted by atomic mass is 10.1. The molecule has 0 fully saturated rings. The van der Waals surface area contributed by atoms with Crippen LogP contribution < -0.4 is 14.8 Å². The summed E-state index contributed by atoms with van der Waals surface area (Å²) in [6, 6.07) is 3.56. The van der Waals surface area contributed by atoms with E-state index in [2.05, 4.69) is 24.1 Å². The van der Waals surface area contributed by atoms with Crippen molar-refractivity contribution in [2.24, 2.45) is 0 Å². The van der Waals surface area contributed by atoms with Gasteiger partial charge in [-0.25, -0.2) is 4.98 Å². The predicted molar refractivity (Wildman–Crippen MR) is 95.6 cm³/mol. The minimum Gasteiger partial charge on any atom is -0.489 e. The van der Waals surface area contributed by atoms with Gasteiger partial charge in [0.05, 0.1) is 30.4 Å². The molecule has 2 aromatic rings. The average Bonchev–Trinajstić information content (AvgIpc) is 2.84. The number of aromatic nitrogens is 1. The fraction of sp³-hybridized carbons (Fsp3) is 0.412. The maximum atomic E-state index is 12.2. The van der Waals surface area contributed by atoms with Gasteiger partial charge in [0.1, 0.15) is 0 Å². The number of anilines is 1. The number of ether oxygens (including phenoxy) is 2. The van der Waals surface area contributed by atoms with Gasteiger partial charge in [0.15, 0.2) is 16.6 Å². The number of hydrogen-bond donors (Lipinski definition) is 1. The summed E-state index contributed by atoms with van der Waals surface area (Å²) in [5, 5.41) is 5.88. The number of hydrogen-bond acceptors (Lipinski definition) is 5. The quantitative estimate of drug-likeness (QED) is 0.878. The average molecular weight is 367 g/mol. The van der Waals surface area contributed by atoms with Crippen LogP contribution in [0.1, 0.15) is 37.4 Å². The lowest BCUT2D eigenvalue weighted by Crippen LogP contribution is -2.14. The van der Waals surface area contributed by atoms with Crippen LogP contribution in [-0.4, -0.2) is 24.1 Å². The molecule has 0 aliphatic carbocycles. The lowest BCUT2D eigenvalue weighted by Gasteiger charge is -2.11. The highest BCUT2D eigenvalue weighted by Gasteiger charge is 2.17. The molecule has 0 bridgehead atoms. The number of carbonyl (C=O) groups excluding carboxylic acids is 1. The molecule has 0 atom stereocenters. The summed E-state index contributed by atoms with van der Waals surface area (Å²) in [6.45, 7) is 5.30. The predicted octanol–water partition coefficient (Wildman–Crippen LogP) is 4.26. The van der Waals surface area contributed by atoms with Crippen molar-refractivity contribution in [2.75, 3.05) is 18.5 Å². The summed E-state index contributed by atoms with van der Waals surface area (Å²) in [5.41, 5.74) is 1.76. The van der Waals surface area contributed by atoms with E-state index in [0.717, 1.165) is 17.7 Å². The minimum absolute atomic E-state index is 0.134. The Morgan fingerprint density at radius 3 is 2.92 bits per heavy atom. The standard InChI is InChI=1S/C17H19ClN2O3S/c1-10(2)13-9-24-17(19-13)20-15(21)8-11-6-12(18)16-14(7-11)22-4-3-5-23-16/h6-7,9-10H,3-5,8H2,1-2H3,(H,19,20,21). The molecule has 1 aromatic heterocycles. The smallest absolute Gasteiger partial charge is 0.230 e. The molecule has 1 N–H and O–H groups in total. The Balaban J connectivity index is 1.69. The third-order valence-corrected chi connectivity index (χ3v) is 4.64. The Kier molecular flexibility index (Phi) is 5.26. The van der Waals surface area contributed by atoms with Crippen LogP contribution >= 0.6 is 22.9 Å². The first-order valence-electron chi connectivity index (χ1n) is 7.86. The molecule has 1 amide bonds. The van der Waals surface area contributed by atoms with Crippen LogP contribution in [0.3, 0.4) is 0 Å². The summed E-state index contributed by atoms with van der Waals surface area (Å²) >= 11 is 7.69. The molecule has 1 aliphatic rings. The molecule has 128 valence electrons. The zero-order valence-corrected chi connectivity index (χ0v) is 15.2. The molecule has 0 saturated heterocycles. The number of rotatable bonds is 4. The largest absolute Gasteiger partial charge is 0.489 e. The van der Waals surface area contributed by atoms with Crippen LogP contribution in [0.25, 0.3) is 0 Å². The maximum Gasteiger partial charge on any atom is 0.230 e. The Labute approximate surface area is 150 Å². The first-order valence-corrected chi connectivity index (χ1v) is 9.12. The fourth-order valence-electron chi connectivity index (χ4n) is 2.34. The molecule has 2 heterocycles. The molecular weight excluding hydrogens is 348 g/mol. The number of thiazole rings is 1. The van der Waals surface area contributed by atoms with Gasteiger partial charge in [-0.1, -0.05) is 25.4 Å². The second-order valence-corrected chi connectivity index (χ2v) is 7.18. The van der Waals surface area contributed by atoms with Crippen molar-refractivity contribution in [3.8, 4) is 11.5 Å². The van der Waals surface area contributed by atoms with Crippen LogP contribution in [-0.2, 0) is 11.2 Å². The lowest BCUT2D eigenvalue weighted by molar-refractivity contribution is -0.115. The van der Waals surface area contributed by atoms with E-state index in [1.807, 2.05) is 11.4 Å². The number of nitrogens with one attached hydrogen (secondary N) is 1. The van der Waals surface area contributed by atoms with Crippen LogP contribution in [0.4, 0.5) is 5.13 Å². The number of nitrogens with zero attached hydrogens (tertiary/aromatic N) is 1.